The summed E-state index contributed by atoms with van der Waals surface area (Å²) in [5.41, 5.74) is 0.707. The second kappa shape index (κ2) is 6.36. The lowest BCUT2D eigenvalue weighted by atomic mass is 10.2. The van der Waals surface area contributed by atoms with Gasteiger partial charge in [0, 0.05) is 29.9 Å². The monoisotopic (exact) mass is 328 g/mol. The molecule has 0 aromatic heterocycles. The van der Waals surface area contributed by atoms with Gasteiger partial charge in [0.05, 0.1) is 19.3 Å². The highest BCUT2D eigenvalue weighted by molar-refractivity contribution is 9.10. The van der Waals surface area contributed by atoms with Crippen molar-refractivity contribution in [2.75, 3.05) is 26.1 Å². The van der Waals surface area contributed by atoms with Crippen LogP contribution in [-0.2, 0) is 9.53 Å². The number of anilines is 1. The second-order valence-corrected chi connectivity index (χ2v) is 5.34. The van der Waals surface area contributed by atoms with Crippen molar-refractivity contribution >= 4 is 27.5 Å². The minimum absolute atomic E-state index is 0.0558. The molecule has 0 aliphatic carbocycles. The molecule has 0 bridgehead atoms. The molecule has 0 radical (unpaired) electrons. The molecule has 2 unspecified atom stereocenters. The van der Waals surface area contributed by atoms with Crippen LogP contribution in [0.15, 0.2) is 22.7 Å². The van der Waals surface area contributed by atoms with Crippen molar-refractivity contribution in [1.82, 2.24) is 5.32 Å². The van der Waals surface area contributed by atoms with Crippen LogP contribution in [0.1, 0.15) is 6.42 Å². The summed E-state index contributed by atoms with van der Waals surface area (Å²) in [5, 5.41) is 6.02. The predicted molar refractivity (Wildman–Crippen MR) is 76.5 cm³/mol. The average molecular weight is 329 g/mol. The van der Waals surface area contributed by atoms with Gasteiger partial charge in [0.25, 0.3) is 0 Å². The van der Waals surface area contributed by atoms with Crippen molar-refractivity contribution in [3.05, 3.63) is 22.7 Å². The van der Waals surface area contributed by atoms with Crippen LogP contribution in [0, 0.1) is 0 Å². The first kappa shape index (κ1) is 14.3. The SMILES string of the molecule is COc1cc(Br)cc(NC(=O)C2CC(OC)CN2)c1. The molecule has 1 aliphatic rings. The lowest BCUT2D eigenvalue weighted by molar-refractivity contribution is -0.118. The van der Waals surface area contributed by atoms with Gasteiger partial charge in [0.15, 0.2) is 0 Å². The number of nitrogens with one attached hydrogen (secondary N) is 2. The lowest BCUT2D eigenvalue weighted by Crippen LogP contribution is -2.35. The first-order chi connectivity index (χ1) is 9.12. The van der Waals surface area contributed by atoms with Gasteiger partial charge >= 0.3 is 0 Å². The summed E-state index contributed by atoms with van der Waals surface area (Å²) in [5.74, 6) is 0.638. The zero-order chi connectivity index (χ0) is 13.8. The largest absolute Gasteiger partial charge is 0.497 e. The van der Waals surface area contributed by atoms with E-state index in [1.807, 2.05) is 12.1 Å². The quantitative estimate of drug-likeness (QED) is 0.884. The van der Waals surface area contributed by atoms with Gasteiger partial charge in [0.2, 0.25) is 5.91 Å². The van der Waals surface area contributed by atoms with Crippen molar-refractivity contribution in [2.24, 2.45) is 0 Å². The maximum Gasteiger partial charge on any atom is 0.241 e. The van der Waals surface area contributed by atoms with Gasteiger partial charge < -0.3 is 20.1 Å². The Hall–Kier alpha value is -1.11. The highest BCUT2D eigenvalue weighted by atomic mass is 79.9. The Kier molecular flexibility index (Phi) is 4.79. The summed E-state index contributed by atoms with van der Waals surface area (Å²) >= 11 is 3.38. The molecule has 1 saturated heterocycles. The zero-order valence-corrected chi connectivity index (χ0v) is 12.5. The fraction of sp³-hybridized carbons (Fsp3) is 0.462. The third kappa shape index (κ3) is 3.68. The van der Waals surface area contributed by atoms with E-state index in [0.717, 1.165) is 4.47 Å². The van der Waals surface area contributed by atoms with Crippen LogP contribution in [-0.4, -0.2) is 38.8 Å². The number of carbonyl (C=O) groups excluding carboxylic acids is 1. The molecule has 1 aromatic rings. The number of rotatable bonds is 4. The molecule has 0 saturated carbocycles. The molecule has 1 aliphatic heterocycles. The molecule has 2 atom stereocenters. The normalized spacial score (nSPS) is 22.3. The maximum absolute atomic E-state index is 12.1. The van der Waals surface area contributed by atoms with E-state index in [9.17, 15) is 4.79 Å². The van der Waals surface area contributed by atoms with Crippen LogP contribution in [0.2, 0.25) is 0 Å². The fourth-order valence-corrected chi connectivity index (χ4v) is 2.54. The average Bonchev–Trinajstić information content (AvgIpc) is 2.86. The van der Waals surface area contributed by atoms with Gasteiger partial charge in [-0.2, -0.15) is 0 Å². The Bertz CT molecular complexity index is 467. The fourth-order valence-electron chi connectivity index (χ4n) is 2.06. The molecule has 1 fully saturated rings. The number of ether oxygens (including phenoxy) is 2. The third-order valence-electron chi connectivity index (χ3n) is 3.11. The zero-order valence-electron chi connectivity index (χ0n) is 10.9. The molecule has 19 heavy (non-hydrogen) atoms. The number of carbonyl (C=O) groups is 1. The summed E-state index contributed by atoms with van der Waals surface area (Å²) in [6.45, 7) is 0.705. The van der Waals surface area contributed by atoms with Gasteiger partial charge in [0.1, 0.15) is 5.75 Å². The summed E-state index contributed by atoms with van der Waals surface area (Å²) in [6, 6.07) is 5.24. The van der Waals surface area contributed by atoms with E-state index >= 15 is 0 Å². The summed E-state index contributed by atoms with van der Waals surface area (Å²) in [7, 11) is 3.25. The van der Waals surface area contributed by atoms with Crippen molar-refractivity contribution in [3.8, 4) is 5.75 Å². The molecule has 104 valence electrons. The Labute approximate surface area is 120 Å². The first-order valence-electron chi connectivity index (χ1n) is 6.04. The predicted octanol–water partition coefficient (Wildman–Crippen LogP) is 1.77. The number of hydrogen-bond donors (Lipinski definition) is 2. The van der Waals surface area contributed by atoms with Gasteiger partial charge in [-0.3, -0.25) is 4.79 Å². The molecule has 2 N–H and O–H groups in total. The van der Waals surface area contributed by atoms with Crippen LogP contribution in [0.5, 0.6) is 5.75 Å². The van der Waals surface area contributed by atoms with Crippen LogP contribution in [0.4, 0.5) is 5.69 Å². The Balaban J connectivity index is 2.01. The van der Waals surface area contributed by atoms with Crippen molar-refractivity contribution < 1.29 is 14.3 Å². The van der Waals surface area contributed by atoms with Gasteiger partial charge in [-0.25, -0.2) is 0 Å². The van der Waals surface area contributed by atoms with E-state index in [1.54, 1.807) is 20.3 Å². The van der Waals surface area contributed by atoms with Gasteiger partial charge in [-0.15, -0.1) is 0 Å². The van der Waals surface area contributed by atoms with Crippen LogP contribution >= 0.6 is 15.9 Å². The van der Waals surface area contributed by atoms with E-state index in [2.05, 4.69) is 26.6 Å². The molecule has 2 rings (SSSR count). The van der Waals surface area contributed by atoms with E-state index in [-0.39, 0.29) is 18.1 Å². The standard InChI is InChI=1S/C13H17BrN2O3/c1-18-10-4-8(14)3-9(5-10)16-13(17)12-6-11(19-2)7-15-12/h3-5,11-12,15H,6-7H2,1-2H3,(H,16,17). The molecule has 1 amide bonds. The van der Waals surface area contributed by atoms with Crippen molar-refractivity contribution in [1.29, 1.82) is 0 Å². The molecule has 1 heterocycles. The third-order valence-corrected chi connectivity index (χ3v) is 3.57. The molecular weight excluding hydrogens is 312 g/mol. The lowest BCUT2D eigenvalue weighted by Gasteiger charge is -2.12. The summed E-state index contributed by atoms with van der Waals surface area (Å²) in [4.78, 5) is 12.1. The van der Waals surface area contributed by atoms with Gasteiger partial charge in [-0.05, 0) is 18.6 Å². The summed E-state index contributed by atoms with van der Waals surface area (Å²) in [6.07, 6.45) is 0.792. The molecule has 0 spiro atoms. The second-order valence-electron chi connectivity index (χ2n) is 4.42. The van der Waals surface area contributed by atoms with Crippen LogP contribution in [0.3, 0.4) is 0 Å². The van der Waals surface area contributed by atoms with Gasteiger partial charge in [-0.1, -0.05) is 15.9 Å². The number of hydrogen-bond acceptors (Lipinski definition) is 4. The molecule has 1 aromatic carbocycles. The first-order valence-corrected chi connectivity index (χ1v) is 6.83. The minimum atomic E-state index is -0.213. The minimum Gasteiger partial charge on any atom is -0.497 e. The number of methoxy groups -OCH3 is 2. The Morgan fingerprint density at radius 3 is 2.84 bits per heavy atom. The molecule has 6 heteroatoms. The smallest absolute Gasteiger partial charge is 0.241 e. The number of benzene rings is 1. The van der Waals surface area contributed by atoms with E-state index in [1.165, 1.54) is 0 Å². The topological polar surface area (TPSA) is 59.6 Å². The Morgan fingerprint density at radius 1 is 1.42 bits per heavy atom. The highest BCUT2D eigenvalue weighted by Gasteiger charge is 2.29. The van der Waals surface area contributed by atoms with E-state index < -0.39 is 0 Å². The van der Waals surface area contributed by atoms with Crippen molar-refractivity contribution in [2.45, 2.75) is 18.6 Å². The van der Waals surface area contributed by atoms with Crippen LogP contribution < -0.4 is 15.4 Å². The maximum atomic E-state index is 12.1. The van der Waals surface area contributed by atoms with Crippen LogP contribution in [0.25, 0.3) is 0 Å². The van der Waals surface area contributed by atoms with E-state index in [4.69, 9.17) is 9.47 Å². The molecular formula is C13H17BrN2O3. The Morgan fingerprint density at radius 2 is 2.21 bits per heavy atom. The number of halogens is 1. The highest BCUT2D eigenvalue weighted by Crippen LogP contribution is 2.25. The molecule has 5 nitrogen and oxygen atoms in total. The van der Waals surface area contributed by atoms with E-state index in [0.29, 0.717) is 24.4 Å². The number of amides is 1. The van der Waals surface area contributed by atoms with Crippen molar-refractivity contribution in [3.63, 3.8) is 0 Å². The summed E-state index contributed by atoms with van der Waals surface area (Å²) < 4.78 is 11.2.